The van der Waals surface area contributed by atoms with Crippen molar-refractivity contribution in [3.05, 3.63) is 0 Å². The van der Waals surface area contributed by atoms with Gasteiger partial charge in [0.05, 0.1) is 12.9 Å². The predicted octanol–water partition coefficient (Wildman–Crippen LogP) is -0.753. The lowest BCUT2D eigenvalue weighted by atomic mass is 9.98. The first-order chi connectivity index (χ1) is 9.76. The molecule has 8 heteroatoms. The third kappa shape index (κ3) is 3.74. The van der Waals surface area contributed by atoms with Gasteiger partial charge < -0.3 is 10.1 Å². The Bertz CT molecular complexity index is 488. The lowest BCUT2D eigenvalue weighted by molar-refractivity contribution is -0.159. The molecular weight excluding hydrogens is 294 g/mol. The second-order valence-corrected chi connectivity index (χ2v) is 8.00. The summed E-state index contributed by atoms with van der Waals surface area (Å²) in [7, 11) is -1.48. The van der Waals surface area contributed by atoms with Crippen LogP contribution in [0.3, 0.4) is 0 Å². The molecule has 122 valence electrons. The molecule has 0 bridgehead atoms. The van der Waals surface area contributed by atoms with Gasteiger partial charge >= 0.3 is 0 Å². The fourth-order valence-corrected chi connectivity index (χ4v) is 4.03. The van der Waals surface area contributed by atoms with Gasteiger partial charge in [-0.1, -0.05) is 0 Å². The zero-order valence-corrected chi connectivity index (χ0v) is 13.8. The summed E-state index contributed by atoms with van der Waals surface area (Å²) < 4.78 is 30.3. The topological polar surface area (TPSA) is 79.0 Å². The standard InChI is InChI=1S/C13H25N3O4S/c1-13(12(17)14-2)10-15(8-9-20-13)11-4-6-16(7-5-11)21(3,18)19/h11H,4-10H2,1-3H3,(H,14,17)/t13-/m1/s1. The number of likely N-dealkylation sites (N-methyl/N-ethyl adjacent to an activating group) is 1. The van der Waals surface area contributed by atoms with Crippen molar-refractivity contribution < 1.29 is 17.9 Å². The summed E-state index contributed by atoms with van der Waals surface area (Å²) in [6.45, 7) is 4.78. The van der Waals surface area contributed by atoms with Gasteiger partial charge in [0.15, 0.2) is 5.60 Å². The third-order valence-electron chi connectivity index (χ3n) is 4.42. The zero-order chi connectivity index (χ0) is 15.7. The molecule has 2 rings (SSSR count). The number of hydrogen-bond donors (Lipinski definition) is 1. The molecule has 1 atom stereocenters. The van der Waals surface area contributed by atoms with Gasteiger partial charge in [-0.2, -0.15) is 0 Å². The molecule has 1 amide bonds. The van der Waals surface area contributed by atoms with Gasteiger partial charge in [-0.3, -0.25) is 9.69 Å². The Hall–Kier alpha value is -0.700. The van der Waals surface area contributed by atoms with E-state index in [4.69, 9.17) is 4.74 Å². The Kier molecular flexibility index (Phi) is 4.92. The summed E-state index contributed by atoms with van der Waals surface area (Å²) in [4.78, 5) is 14.2. The molecular formula is C13H25N3O4S. The smallest absolute Gasteiger partial charge is 0.253 e. The fourth-order valence-electron chi connectivity index (χ4n) is 3.15. The number of piperidine rings is 1. The minimum Gasteiger partial charge on any atom is -0.363 e. The molecule has 2 heterocycles. The van der Waals surface area contributed by atoms with E-state index in [1.165, 1.54) is 10.6 Å². The Morgan fingerprint density at radius 3 is 2.43 bits per heavy atom. The molecule has 2 aliphatic heterocycles. The monoisotopic (exact) mass is 319 g/mol. The number of hydrogen-bond acceptors (Lipinski definition) is 5. The van der Waals surface area contributed by atoms with Crippen LogP contribution < -0.4 is 5.32 Å². The summed E-state index contributed by atoms with van der Waals surface area (Å²) in [5.74, 6) is -0.110. The number of morpholine rings is 1. The molecule has 0 aromatic rings. The number of nitrogens with zero attached hydrogens (tertiary/aromatic N) is 2. The van der Waals surface area contributed by atoms with Gasteiger partial charge in [-0.05, 0) is 19.8 Å². The maximum atomic E-state index is 12.0. The largest absolute Gasteiger partial charge is 0.363 e. The van der Waals surface area contributed by atoms with Crippen LogP contribution >= 0.6 is 0 Å². The highest BCUT2D eigenvalue weighted by atomic mass is 32.2. The van der Waals surface area contributed by atoms with Crippen LogP contribution in [0.15, 0.2) is 0 Å². The average molecular weight is 319 g/mol. The van der Waals surface area contributed by atoms with E-state index < -0.39 is 15.6 Å². The molecule has 0 radical (unpaired) electrons. The third-order valence-corrected chi connectivity index (χ3v) is 5.72. The molecule has 0 saturated carbocycles. The summed E-state index contributed by atoms with van der Waals surface area (Å²) in [6.07, 6.45) is 2.86. The van der Waals surface area contributed by atoms with Crippen LogP contribution in [0.4, 0.5) is 0 Å². The molecule has 2 aliphatic rings. The van der Waals surface area contributed by atoms with E-state index >= 15 is 0 Å². The van der Waals surface area contributed by atoms with Gasteiger partial charge in [0, 0.05) is 39.3 Å². The molecule has 7 nitrogen and oxygen atoms in total. The summed E-state index contributed by atoms with van der Waals surface area (Å²) in [6, 6.07) is 0.316. The van der Waals surface area contributed by atoms with Crippen LogP contribution in [0.2, 0.25) is 0 Å². The van der Waals surface area contributed by atoms with Crippen molar-refractivity contribution in [3.63, 3.8) is 0 Å². The van der Waals surface area contributed by atoms with Crippen molar-refractivity contribution >= 4 is 15.9 Å². The van der Waals surface area contributed by atoms with Crippen molar-refractivity contribution in [3.8, 4) is 0 Å². The molecule has 1 N–H and O–H groups in total. The van der Waals surface area contributed by atoms with Gasteiger partial charge in [-0.25, -0.2) is 12.7 Å². The number of ether oxygens (including phenoxy) is 1. The molecule has 0 unspecified atom stereocenters. The van der Waals surface area contributed by atoms with Crippen molar-refractivity contribution in [1.82, 2.24) is 14.5 Å². The SMILES string of the molecule is CNC(=O)[C@@]1(C)CN(C2CCN(S(C)(=O)=O)CC2)CCO1. The molecule has 2 fully saturated rings. The van der Waals surface area contributed by atoms with Gasteiger partial charge in [0.2, 0.25) is 10.0 Å². The number of carbonyl (C=O) groups excluding carboxylic acids is 1. The van der Waals surface area contributed by atoms with Crippen LogP contribution in [-0.2, 0) is 19.6 Å². The zero-order valence-electron chi connectivity index (χ0n) is 13.0. The fraction of sp³-hybridized carbons (Fsp3) is 0.923. The number of amides is 1. The van der Waals surface area contributed by atoms with Crippen molar-refractivity contribution in [2.45, 2.75) is 31.4 Å². The highest BCUT2D eigenvalue weighted by Gasteiger charge is 2.41. The summed E-state index contributed by atoms with van der Waals surface area (Å²) >= 11 is 0. The highest BCUT2D eigenvalue weighted by molar-refractivity contribution is 7.88. The molecule has 0 aromatic carbocycles. The quantitative estimate of drug-likeness (QED) is 0.740. The summed E-state index contributed by atoms with van der Waals surface area (Å²) in [5, 5.41) is 2.65. The van der Waals surface area contributed by atoms with E-state index in [9.17, 15) is 13.2 Å². The second-order valence-electron chi connectivity index (χ2n) is 6.02. The van der Waals surface area contributed by atoms with E-state index in [-0.39, 0.29) is 5.91 Å². The Morgan fingerprint density at radius 1 is 1.29 bits per heavy atom. The highest BCUT2D eigenvalue weighted by Crippen LogP contribution is 2.25. The number of sulfonamides is 1. The van der Waals surface area contributed by atoms with Gasteiger partial charge in [0.1, 0.15) is 0 Å². The van der Waals surface area contributed by atoms with Crippen molar-refractivity contribution in [2.75, 3.05) is 46.1 Å². The number of rotatable bonds is 3. The average Bonchev–Trinajstić information content (AvgIpc) is 2.45. The first-order valence-electron chi connectivity index (χ1n) is 7.31. The Morgan fingerprint density at radius 2 is 1.90 bits per heavy atom. The lowest BCUT2D eigenvalue weighted by Gasteiger charge is -2.44. The molecule has 0 aromatic heterocycles. The predicted molar refractivity (Wildman–Crippen MR) is 79.4 cm³/mol. The van der Waals surface area contributed by atoms with Crippen LogP contribution in [0, 0.1) is 0 Å². The van der Waals surface area contributed by atoms with E-state index in [0.29, 0.717) is 32.3 Å². The molecule has 0 aliphatic carbocycles. The van der Waals surface area contributed by atoms with Crippen LogP contribution in [0.25, 0.3) is 0 Å². The van der Waals surface area contributed by atoms with E-state index in [2.05, 4.69) is 10.2 Å². The normalized spacial score (nSPS) is 30.2. The maximum absolute atomic E-state index is 12.0. The Labute approximate surface area is 126 Å². The van der Waals surface area contributed by atoms with E-state index in [0.717, 1.165) is 19.4 Å². The molecule has 21 heavy (non-hydrogen) atoms. The van der Waals surface area contributed by atoms with Crippen LogP contribution in [-0.4, -0.2) is 81.3 Å². The first-order valence-corrected chi connectivity index (χ1v) is 9.16. The molecule has 0 spiro atoms. The van der Waals surface area contributed by atoms with Crippen LogP contribution in [0.5, 0.6) is 0 Å². The van der Waals surface area contributed by atoms with Gasteiger partial charge in [0.25, 0.3) is 5.91 Å². The molecule has 2 saturated heterocycles. The minimum atomic E-state index is -3.09. The maximum Gasteiger partial charge on any atom is 0.253 e. The second kappa shape index (κ2) is 6.20. The number of nitrogens with one attached hydrogen (secondary N) is 1. The minimum absolute atomic E-state index is 0.110. The van der Waals surface area contributed by atoms with E-state index in [1.54, 1.807) is 7.05 Å². The summed E-state index contributed by atoms with van der Waals surface area (Å²) in [5.41, 5.74) is -0.818. The van der Waals surface area contributed by atoms with Crippen molar-refractivity contribution in [1.29, 1.82) is 0 Å². The Balaban J connectivity index is 1.96. The first kappa shape index (κ1) is 16.7. The number of carbonyl (C=O) groups is 1. The van der Waals surface area contributed by atoms with Crippen LogP contribution in [0.1, 0.15) is 19.8 Å². The van der Waals surface area contributed by atoms with E-state index in [1.807, 2.05) is 6.92 Å². The van der Waals surface area contributed by atoms with Crippen molar-refractivity contribution in [2.24, 2.45) is 0 Å². The van der Waals surface area contributed by atoms with Gasteiger partial charge in [-0.15, -0.1) is 0 Å². The lowest BCUT2D eigenvalue weighted by Crippen LogP contribution is -2.60.